The SMILES string of the molecule is CC(C)n1nccc1C(=O)N1CCCC[C@H]1c1ncc(Cc2ccc(Cl)cc2)o1. The van der Waals surface area contributed by atoms with E-state index in [-0.39, 0.29) is 18.0 Å². The zero-order chi connectivity index (χ0) is 20.4. The largest absolute Gasteiger partial charge is 0.443 e. The number of rotatable bonds is 5. The lowest BCUT2D eigenvalue weighted by atomic mass is 10.0. The van der Waals surface area contributed by atoms with Crippen LogP contribution in [0.25, 0.3) is 0 Å². The van der Waals surface area contributed by atoms with E-state index in [1.165, 1.54) is 0 Å². The molecule has 0 saturated carbocycles. The summed E-state index contributed by atoms with van der Waals surface area (Å²) in [7, 11) is 0. The minimum atomic E-state index is -0.147. The molecule has 1 aliphatic rings. The molecule has 0 radical (unpaired) electrons. The molecule has 1 amide bonds. The molecule has 3 heterocycles. The highest BCUT2D eigenvalue weighted by Gasteiger charge is 2.33. The summed E-state index contributed by atoms with van der Waals surface area (Å²) in [6.45, 7) is 4.74. The van der Waals surface area contributed by atoms with Crippen LogP contribution in [-0.2, 0) is 6.42 Å². The van der Waals surface area contributed by atoms with Crippen LogP contribution in [0.4, 0.5) is 0 Å². The number of hydrogen-bond acceptors (Lipinski definition) is 4. The maximum Gasteiger partial charge on any atom is 0.272 e. The Morgan fingerprint density at radius 3 is 2.79 bits per heavy atom. The molecular weight excluding hydrogens is 388 g/mol. The van der Waals surface area contributed by atoms with Gasteiger partial charge in [0, 0.05) is 30.2 Å². The second kappa shape index (κ2) is 8.41. The minimum absolute atomic E-state index is 0.0154. The Kier molecular flexibility index (Phi) is 5.72. The van der Waals surface area contributed by atoms with Gasteiger partial charge in [-0.25, -0.2) is 4.98 Å². The lowest BCUT2D eigenvalue weighted by Crippen LogP contribution is -2.39. The molecule has 1 atom stereocenters. The van der Waals surface area contributed by atoms with Crippen LogP contribution < -0.4 is 0 Å². The highest BCUT2D eigenvalue weighted by Crippen LogP contribution is 2.32. The Bertz CT molecular complexity index is 977. The molecule has 2 aromatic heterocycles. The number of carbonyl (C=O) groups is 1. The monoisotopic (exact) mass is 412 g/mol. The molecule has 6 nitrogen and oxygen atoms in total. The van der Waals surface area contributed by atoms with Gasteiger partial charge in [0.2, 0.25) is 5.89 Å². The molecule has 29 heavy (non-hydrogen) atoms. The molecule has 1 saturated heterocycles. The maximum absolute atomic E-state index is 13.3. The smallest absolute Gasteiger partial charge is 0.272 e. The Morgan fingerprint density at radius 2 is 2.03 bits per heavy atom. The third-order valence-corrected chi connectivity index (χ3v) is 5.54. The van der Waals surface area contributed by atoms with Gasteiger partial charge in [-0.2, -0.15) is 5.10 Å². The van der Waals surface area contributed by atoms with E-state index in [0.717, 1.165) is 30.6 Å². The predicted molar refractivity (Wildman–Crippen MR) is 111 cm³/mol. The molecule has 0 aliphatic carbocycles. The summed E-state index contributed by atoms with van der Waals surface area (Å²) in [5.41, 5.74) is 1.72. The Morgan fingerprint density at radius 1 is 1.24 bits per heavy atom. The molecule has 1 aromatic carbocycles. The lowest BCUT2D eigenvalue weighted by molar-refractivity contribution is 0.0555. The van der Waals surface area contributed by atoms with Crippen molar-refractivity contribution in [1.82, 2.24) is 19.7 Å². The molecule has 0 N–H and O–H groups in total. The summed E-state index contributed by atoms with van der Waals surface area (Å²) < 4.78 is 7.85. The molecular formula is C22H25ClN4O2. The zero-order valence-corrected chi connectivity index (χ0v) is 17.5. The highest BCUT2D eigenvalue weighted by atomic mass is 35.5. The van der Waals surface area contributed by atoms with Crippen molar-refractivity contribution in [2.75, 3.05) is 6.54 Å². The van der Waals surface area contributed by atoms with Gasteiger partial charge in [-0.1, -0.05) is 23.7 Å². The topological polar surface area (TPSA) is 64.2 Å². The van der Waals surface area contributed by atoms with Crippen LogP contribution in [0.3, 0.4) is 0 Å². The number of carbonyl (C=O) groups excluding carboxylic acids is 1. The van der Waals surface area contributed by atoms with E-state index in [4.69, 9.17) is 16.0 Å². The number of oxazole rings is 1. The summed E-state index contributed by atoms with van der Waals surface area (Å²) in [6, 6.07) is 9.46. The first kappa shape index (κ1) is 19.7. The van der Waals surface area contributed by atoms with E-state index in [1.807, 2.05) is 43.0 Å². The van der Waals surface area contributed by atoms with E-state index in [9.17, 15) is 4.79 Å². The molecule has 1 fully saturated rings. The number of hydrogen-bond donors (Lipinski definition) is 0. The van der Waals surface area contributed by atoms with Crippen molar-refractivity contribution in [2.45, 2.75) is 51.6 Å². The Balaban J connectivity index is 1.55. The van der Waals surface area contributed by atoms with Gasteiger partial charge in [0.15, 0.2) is 0 Å². The highest BCUT2D eigenvalue weighted by molar-refractivity contribution is 6.30. The maximum atomic E-state index is 13.3. The quantitative estimate of drug-likeness (QED) is 0.587. The van der Waals surface area contributed by atoms with Crippen molar-refractivity contribution in [2.24, 2.45) is 0 Å². The molecule has 7 heteroatoms. The number of halogens is 1. The third-order valence-electron chi connectivity index (χ3n) is 5.29. The molecule has 0 unspecified atom stereocenters. The summed E-state index contributed by atoms with van der Waals surface area (Å²) in [4.78, 5) is 19.7. The Labute approximate surface area is 175 Å². The summed E-state index contributed by atoms with van der Waals surface area (Å²) >= 11 is 5.96. The van der Waals surface area contributed by atoms with Gasteiger partial charge in [-0.15, -0.1) is 0 Å². The van der Waals surface area contributed by atoms with Gasteiger partial charge >= 0.3 is 0 Å². The van der Waals surface area contributed by atoms with Crippen molar-refractivity contribution >= 4 is 17.5 Å². The summed E-state index contributed by atoms with van der Waals surface area (Å²) in [5.74, 6) is 1.38. The van der Waals surface area contributed by atoms with E-state index in [1.54, 1.807) is 23.1 Å². The van der Waals surface area contributed by atoms with Crippen LogP contribution in [0, 0.1) is 0 Å². The van der Waals surface area contributed by atoms with Gasteiger partial charge in [0.25, 0.3) is 5.91 Å². The molecule has 0 bridgehead atoms. The predicted octanol–water partition coefficient (Wildman–Crippen LogP) is 5.06. The van der Waals surface area contributed by atoms with Crippen LogP contribution in [0.15, 0.2) is 47.1 Å². The van der Waals surface area contributed by atoms with E-state index in [2.05, 4.69) is 10.1 Å². The fourth-order valence-corrected chi connectivity index (χ4v) is 3.96. The zero-order valence-electron chi connectivity index (χ0n) is 16.7. The number of likely N-dealkylation sites (tertiary alicyclic amines) is 1. The van der Waals surface area contributed by atoms with Crippen LogP contribution in [-0.4, -0.2) is 32.1 Å². The summed E-state index contributed by atoms with van der Waals surface area (Å²) in [5, 5.41) is 5.02. The first-order valence-corrected chi connectivity index (χ1v) is 10.4. The van der Waals surface area contributed by atoms with Gasteiger partial charge in [-0.3, -0.25) is 9.48 Å². The molecule has 4 rings (SSSR count). The molecule has 0 spiro atoms. The van der Waals surface area contributed by atoms with E-state index >= 15 is 0 Å². The minimum Gasteiger partial charge on any atom is -0.443 e. The second-order valence-corrected chi connectivity index (χ2v) is 8.17. The second-order valence-electron chi connectivity index (χ2n) is 7.73. The van der Waals surface area contributed by atoms with E-state index in [0.29, 0.717) is 29.6 Å². The van der Waals surface area contributed by atoms with Gasteiger partial charge in [-0.05, 0) is 56.9 Å². The molecule has 3 aromatic rings. The lowest BCUT2D eigenvalue weighted by Gasteiger charge is -2.34. The van der Waals surface area contributed by atoms with E-state index < -0.39 is 0 Å². The number of nitrogens with zero attached hydrogens (tertiary/aromatic N) is 4. The van der Waals surface area contributed by atoms with Gasteiger partial charge < -0.3 is 9.32 Å². The van der Waals surface area contributed by atoms with Crippen molar-refractivity contribution in [1.29, 1.82) is 0 Å². The number of piperidine rings is 1. The van der Waals surface area contributed by atoms with Crippen LogP contribution >= 0.6 is 11.6 Å². The van der Waals surface area contributed by atoms with Crippen LogP contribution in [0.5, 0.6) is 0 Å². The third kappa shape index (κ3) is 4.22. The number of amides is 1. The average molecular weight is 413 g/mol. The number of aromatic nitrogens is 3. The first-order valence-electron chi connectivity index (χ1n) is 10.1. The van der Waals surface area contributed by atoms with Crippen LogP contribution in [0.2, 0.25) is 5.02 Å². The molecule has 152 valence electrons. The van der Waals surface area contributed by atoms with Gasteiger partial charge in [0.1, 0.15) is 17.5 Å². The molecule has 1 aliphatic heterocycles. The average Bonchev–Trinajstić information content (AvgIpc) is 3.39. The number of benzene rings is 1. The first-order chi connectivity index (χ1) is 14.0. The summed E-state index contributed by atoms with van der Waals surface area (Å²) in [6.07, 6.45) is 6.97. The van der Waals surface area contributed by atoms with Crippen LogP contribution in [0.1, 0.15) is 72.9 Å². The normalized spacial score (nSPS) is 17.1. The van der Waals surface area contributed by atoms with Crippen molar-refractivity contribution in [3.05, 3.63) is 70.7 Å². The van der Waals surface area contributed by atoms with Gasteiger partial charge in [0.05, 0.1) is 6.20 Å². The van der Waals surface area contributed by atoms with Crippen molar-refractivity contribution < 1.29 is 9.21 Å². The fraction of sp³-hybridized carbons (Fsp3) is 0.409. The van der Waals surface area contributed by atoms with Crippen molar-refractivity contribution in [3.8, 4) is 0 Å². The standard InChI is InChI=1S/C22H25ClN4O2/c1-15(2)27-20(10-11-25-27)22(28)26-12-4-3-5-19(26)21-24-14-18(29-21)13-16-6-8-17(23)9-7-16/h6-11,14-15,19H,3-5,12-13H2,1-2H3/t19-/m0/s1. The fourth-order valence-electron chi connectivity index (χ4n) is 3.84. The Hall–Kier alpha value is -2.60. The van der Waals surface area contributed by atoms with Crippen molar-refractivity contribution in [3.63, 3.8) is 0 Å².